The molecule has 1 amide bonds. The summed E-state index contributed by atoms with van der Waals surface area (Å²) >= 11 is 0. The van der Waals surface area contributed by atoms with Crippen molar-refractivity contribution in [3.8, 4) is 0 Å². The molecule has 0 aliphatic rings. The highest BCUT2D eigenvalue weighted by molar-refractivity contribution is 5.86. The van der Waals surface area contributed by atoms with E-state index in [-0.39, 0.29) is 49.7 Å². The predicted molar refractivity (Wildman–Crippen MR) is 122 cm³/mol. The minimum absolute atomic E-state index is 0. The number of ether oxygens (including phenoxy) is 3. The maximum Gasteiger partial charge on any atom is 0.246 e. The van der Waals surface area contributed by atoms with Gasteiger partial charge in [-0.05, 0) is 58.4 Å². The third kappa shape index (κ3) is 30.8. The monoisotopic (exact) mass is 470 g/mol. The van der Waals surface area contributed by atoms with Crippen molar-refractivity contribution in [2.45, 2.75) is 25.7 Å². The van der Waals surface area contributed by atoms with E-state index < -0.39 is 0 Å². The summed E-state index contributed by atoms with van der Waals surface area (Å²) in [5.41, 5.74) is 5.43. The first-order valence-electron chi connectivity index (χ1n) is 9.34. The second kappa shape index (κ2) is 31.8. The van der Waals surface area contributed by atoms with Gasteiger partial charge in [0.15, 0.2) is 0 Å². The van der Waals surface area contributed by atoms with Crippen molar-refractivity contribution in [3.63, 3.8) is 0 Å². The Morgan fingerprint density at radius 2 is 1.29 bits per heavy atom. The summed E-state index contributed by atoms with van der Waals surface area (Å²) in [7, 11) is 1.63. The van der Waals surface area contributed by atoms with Crippen LogP contribution in [0.15, 0.2) is 0 Å². The molecule has 0 aliphatic heterocycles. The largest absolute Gasteiger partial charge is 0.382 e. The van der Waals surface area contributed by atoms with Gasteiger partial charge in [0, 0.05) is 13.7 Å². The van der Waals surface area contributed by atoms with E-state index in [4.69, 9.17) is 19.9 Å². The molecule has 0 heterocycles. The molecule has 0 unspecified atom stereocenters. The highest BCUT2D eigenvalue weighted by Gasteiger charge is 2.00. The fourth-order valence-corrected chi connectivity index (χ4v) is 2.00. The Hall–Kier alpha value is 0.1000. The molecule has 0 fully saturated rings. The number of amides is 1. The number of rotatable bonds is 20. The van der Waals surface area contributed by atoms with Gasteiger partial charge in [-0.2, -0.15) is 0 Å². The minimum atomic E-state index is -0.0829. The molecule has 8 nitrogen and oxygen atoms in total. The molecule has 174 valence electrons. The van der Waals surface area contributed by atoms with Gasteiger partial charge in [-0.1, -0.05) is 0 Å². The molecule has 0 saturated heterocycles. The second-order valence-electron chi connectivity index (χ2n) is 5.71. The summed E-state index contributed by atoms with van der Waals surface area (Å²) < 4.78 is 15.3. The van der Waals surface area contributed by atoms with Gasteiger partial charge in [0.05, 0.1) is 26.4 Å². The average molecular weight is 472 g/mol. The fourth-order valence-electron chi connectivity index (χ4n) is 2.00. The van der Waals surface area contributed by atoms with E-state index in [2.05, 4.69) is 16.0 Å². The molecule has 0 spiro atoms. The SMILES string of the molecule is COCCOCCOCC(=O)NCCCNCCCCNCCCN.Cl.Cl.Cl. The Morgan fingerprint density at radius 3 is 1.89 bits per heavy atom. The van der Waals surface area contributed by atoms with E-state index in [1.165, 1.54) is 6.42 Å². The lowest BCUT2D eigenvalue weighted by Gasteiger charge is -2.08. The van der Waals surface area contributed by atoms with E-state index in [0.29, 0.717) is 33.0 Å². The van der Waals surface area contributed by atoms with Crippen LogP contribution in [-0.4, -0.2) is 85.3 Å². The standard InChI is InChI=1S/C17H38N4O4.3ClH/c1-23-12-13-24-14-15-25-16-17(22)21-11-5-10-20-8-3-2-7-19-9-4-6-18;;;/h19-20H,2-16,18H2,1H3,(H,21,22);3*1H. The van der Waals surface area contributed by atoms with Crippen LogP contribution in [0.5, 0.6) is 0 Å². The molecular weight excluding hydrogens is 431 g/mol. The molecule has 11 heteroatoms. The molecule has 0 rings (SSSR count). The third-order valence-electron chi connectivity index (χ3n) is 3.40. The number of methoxy groups -OCH3 is 1. The lowest BCUT2D eigenvalue weighted by molar-refractivity contribution is -0.126. The highest BCUT2D eigenvalue weighted by Crippen LogP contribution is 1.86. The molecule has 0 atom stereocenters. The van der Waals surface area contributed by atoms with Crippen molar-refractivity contribution < 1.29 is 19.0 Å². The number of nitrogens with one attached hydrogen (secondary N) is 3. The van der Waals surface area contributed by atoms with Gasteiger partial charge in [-0.25, -0.2) is 0 Å². The Balaban J connectivity index is -0.000000960. The molecule has 0 saturated carbocycles. The first kappa shape index (κ1) is 35.5. The van der Waals surface area contributed by atoms with Crippen LogP contribution in [-0.2, 0) is 19.0 Å². The quantitative estimate of drug-likeness (QED) is 0.194. The molecule has 0 bridgehead atoms. The normalized spacial score (nSPS) is 9.79. The predicted octanol–water partition coefficient (Wildman–Crippen LogP) is 0.746. The summed E-state index contributed by atoms with van der Waals surface area (Å²) in [4.78, 5) is 11.5. The van der Waals surface area contributed by atoms with Crippen molar-refractivity contribution in [3.05, 3.63) is 0 Å². The third-order valence-corrected chi connectivity index (χ3v) is 3.40. The van der Waals surface area contributed by atoms with Crippen LogP contribution in [0.1, 0.15) is 25.7 Å². The smallest absolute Gasteiger partial charge is 0.246 e. The molecule has 28 heavy (non-hydrogen) atoms. The topological polar surface area (TPSA) is 107 Å². The van der Waals surface area contributed by atoms with Crippen molar-refractivity contribution in [2.75, 3.05) is 79.4 Å². The summed E-state index contributed by atoms with van der Waals surface area (Å²) in [5, 5.41) is 9.58. The minimum Gasteiger partial charge on any atom is -0.382 e. The van der Waals surface area contributed by atoms with Crippen molar-refractivity contribution in [1.29, 1.82) is 0 Å². The number of nitrogens with two attached hydrogens (primary N) is 1. The van der Waals surface area contributed by atoms with E-state index in [1.54, 1.807) is 7.11 Å². The molecular formula is C17H41Cl3N4O4. The number of hydrogen-bond donors (Lipinski definition) is 4. The molecule has 0 radical (unpaired) electrons. The second-order valence-corrected chi connectivity index (χ2v) is 5.71. The van der Waals surface area contributed by atoms with Crippen LogP contribution in [0.3, 0.4) is 0 Å². The zero-order valence-electron chi connectivity index (χ0n) is 17.0. The number of hydrogen-bond acceptors (Lipinski definition) is 7. The van der Waals surface area contributed by atoms with E-state index >= 15 is 0 Å². The highest BCUT2D eigenvalue weighted by atomic mass is 35.5. The van der Waals surface area contributed by atoms with Crippen molar-refractivity contribution >= 4 is 43.1 Å². The van der Waals surface area contributed by atoms with Crippen molar-refractivity contribution in [1.82, 2.24) is 16.0 Å². The fraction of sp³-hybridized carbons (Fsp3) is 0.941. The zero-order chi connectivity index (χ0) is 18.4. The van der Waals surface area contributed by atoms with Gasteiger partial charge < -0.3 is 35.9 Å². The number of halogens is 3. The van der Waals surface area contributed by atoms with Gasteiger partial charge in [0.25, 0.3) is 0 Å². The zero-order valence-corrected chi connectivity index (χ0v) is 19.5. The van der Waals surface area contributed by atoms with E-state index in [0.717, 1.165) is 52.0 Å². The van der Waals surface area contributed by atoms with Crippen LogP contribution >= 0.6 is 37.2 Å². The maximum atomic E-state index is 11.5. The lowest BCUT2D eigenvalue weighted by atomic mass is 10.3. The first-order chi connectivity index (χ1) is 12.3. The van der Waals surface area contributed by atoms with Crippen molar-refractivity contribution in [2.24, 2.45) is 5.73 Å². The average Bonchev–Trinajstić information content (AvgIpc) is 2.62. The summed E-state index contributed by atoms with van der Waals surface area (Å²) in [5.74, 6) is -0.0829. The van der Waals surface area contributed by atoms with Crippen LogP contribution in [0.25, 0.3) is 0 Å². The summed E-state index contributed by atoms with van der Waals surface area (Å²) in [6.45, 7) is 7.49. The summed E-state index contributed by atoms with van der Waals surface area (Å²) in [6.07, 6.45) is 4.28. The van der Waals surface area contributed by atoms with E-state index in [9.17, 15) is 4.79 Å². The Morgan fingerprint density at radius 1 is 0.750 bits per heavy atom. The molecule has 0 aromatic carbocycles. The van der Waals surface area contributed by atoms with Gasteiger partial charge in [0.1, 0.15) is 6.61 Å². The van der Waals surface area contributed by atoms with Gasteiger partial charge >= 0.3 is 0 Å². The Labute approximate surface area is 189 Å². The lowest BCUT2D eigenvalue weighted by Crippen LogP contribution is -2.31. The van der Waals surface area contributed by atoms with Gasteiger partial charge in [-0.15, -0.1) is 37.2 Å². The number of carbonyl (C=O) groups is 1. The van der Waals surface area contributed by atoms with E-state index in [1.807, 2.05) is 0 Å². The molecule has 5 N–H and O–H groups in total. The van der Waals surface area contributed by atoms with Crippen LogP contribution < -0.4 is 21.7 Å². The number of unbranched alkanes of at least 4 members (excludes halogenated alkanes) is 1. The summed E-state index contributed by atoms with van der Waals surface area (Å²) in [6, 6.07) is 0. The first-order valence-corrected chi connectivity index (χ1v) is 9.34. The Bertz CT molecular complexity index is 297. The van der Waals surface area contributed by atoms with Crippen LogP contribution in [0.2, 0.25) is 0 Å². The van der Waals surface area contributed by atoms with Gasteiger partial charge in [0.2, 0.25) is 5.91 Å². The van der Waals surface area contributed by atoms with Crippen LogP contribution in [0, 0.1) is 0 Å². The maximum absolute atomic E-state index is 11.5. The van der Waals surface area contributed by atoms with Crippen LogP contribution in [0.4, 0.5) is 0 Å². The molecule has 0 aromatic heterocycles. The number of carbonyl (C=O) groups excluding carboxylic acids is 1. The van der Waals surface area contributed by atoms with Gasteiger partial charge in [-0.3, -0.25) is 4.79 Å². The molecule has 0 aliphatic carbocycles. The molecule has 0 aromatic rings. The Kier molecular flexibility index (Phi) is 40.3.